The molecule has 5 aromatic carbocycles. The van der Waals surface area contributed by atoms with Crippen LogP contribution in [0.15, 0.2) is 217 Å². The van der Waals surface area contributed by atoms with E-state index in [0.29, 0.717) is 5.92 Å². The van der Waals surface area contributed by atoms with Gasteiger partial charge in [-0.05, 0) is 170 Å². The largest absolute Gasteiger partial charge is 0.310 e. The molecule has 0 fully saturated rings. The van der Waals surface area contributed by atoms with Gasteiger partial charge in [0.05, 0.1) is 16.6 Å². The highest BCUT2D eigenvalue weighted by atomic mass is 15.2. The van der Waals surface area contributed by atoms with Crippen LogP contribution in [0.2, 0.25) is 0 Å². The summed E-state index contributed by atoms with van der Waals surface area (Å²) in [6.07, 6.45) is 32.8. The van der Waals surface area contributed by atoms with Crippen LogP contribution in [-0.4, -0.2) is 10.3 Å². The van der Waals surface area contributed by atoms with Crippen molar-refractivity contribution in [3.05, 3.63) is 256 Å². The Hall–Kier alpha value is -7.75. The monoisotopic (exact) mass is 867 g/mol. The van der Waals surface area contributed by atoms with E-state index in [9.17, 15) is 0 Å². The van der Waals surface area contributed by atoms with Crippen LogP contribution in [0.5, 0.6) is 0 Å². The quantitative estimate of drug-likeness (QED) is 0.0938. The minimum absolute atomic E-state index is 0.345. The van der Waals surface area contributed by atoms with Gasteiger partial charge in [-0.2, -0.15) is 0 Å². The van der Waals surface area contributed by atoms with Crippen molar-refractivity contribution in [2.75, 3.05) is 4.90 Å². The van der Waals surface area contributed by atoms with Gasteiger partial charge >= 0.3 is 0 Å². The summed E-state index contributed by atoms with van der Waals surface area (Å²) in [5.41, 5.74) is 21.6. The number of nitrogens with zero attached hydrogens (tertiary/aromatic N) is 3. The van der Waals surface area contributed by atoms with Crippen LogP contribution >= 0.6 is 0 Å². The molecule has 67 heavy (non-hydrogen) atoms. The summed E-state index contributed by atoms with van der Waals surface area (Å²) < 4.78 is 2.46. The summed E-state index contributed by atoms with van der Waals surface area (Å²) in [6.45, 7) is 21.6. The zero-order valence-corrected chi connectivity index (χ0v) is 39.2. The zero-order chi connectivity index (χ0) is 46.2. The van der Waals surface area contributed by atoms with E-state index in [1.165, 1.54) is 66.0 Å². The van der Waals surface area contributed by atoms with Gasteiger partial charge in [0, 0.05) is 50.6 Å². The van der Waals surface area contributed by atoms with E-state index in [1.54, 1.807) is 0 Å². The maximum Gasteiger partial charge on any atom is 0.0711 e. The highest BCUT2D eigenvalue weighted by Crippen LogP contribution is 2.38. The number of fused-ring (bicyclic) bond motifs is 5. The van der Waals surface area contributed by atoms with Gasteiger partial charge in [0.25, 0.3) is 0 Å². The van der Waals surface area contributed by atoms with Crippen molar-refractivity contribution in [1.29, 1.82) is 0 Å². The molecular weight excluding hydrogens is 811 g/mol. The topological polar surface area (TPSA) is 20.5 Å². The summed E-state index contributed by atoms with van der Waals surface area (Å²) in [4.78, 5) is 7.63. The summed E-state index contributed by atoms with van der Waals surface area (Å²) >= 11 is 0. The van der Waals surface area contributed by atoms with Crippen molar-refractivity contribution in [3.63, 3.8) is 0 Å². The Kier molecular flexibility index (Phi) is 11.8. The Morgan fingerprint density at radius 3 is 2.46 bits per heavy atom. The molecule has 0 radical (unpaired) electrons. The van der Waals surface area contributed by atoms with Crippen LogP contribution in [0.1, 0.15) is 73.4 Å². The van der Waals surface area contributed by atoms with E-state index in [4.69, 9.17) is 4.99 Å². The number of allylic oxidation sites excluding steroid dienone is 13. The van der Waals surface area contributed by atoms with E-state index in [2.05, 4.69) is 227 Å². The molecule has 0 amide bonds. The van der Waals surface area contributed by atoms with E-state index in [0.717, 1.165) is 82.1 Å². The van der Waals surface area contributed by atoms with E-state index in [1.807, 2.05) is 12.2 Å². The average Bonchev–Trinajstić information content (AvgIpc) is 3.55. The number of rotatable bonds is 11. The molecule has 6 aromatic rings. The fraction of sp³-hybridized carbons (Fsp3) is 0.141. The minimum atomic E-state index is 0.345. The Bertz CT molecular complexity index is 3450. The summed E-state index contributed by atoms with van der Waals surface area (Å²) in [5, 5.41) is 3.80. The Morgan fingerprint density at radius 1 is 0.791 bits per heavy atom. The lowest BCUT2D eigenvalue weighted by molar-refractivity contribution is 0.854. The van der Waals surface area contributed by atoms with Gasteiger partial charge < -0.3 is 9.47 Å². The molecule has 4 aliphatic rings. The van der Waals surface area contributed by atoms with E-state index < -0.39 is 0 Å². The van der Waals surface area contributed by atoms with E-state index in [-0.39, 0.29) is 0 Å². The van der Waals surface area contributed by atoms with Gasteiger partial charge in [-0.1, -0.05) is 147 Å². The van der Waals surface area contributed by atoms with Crippen molar-refractivity contribution >= 4 is 51.3 Å². The van der Waals surface area contributed by atoms with E-state index >= 15 is 0 Å². The van der Waals surface area contributed by atoms with Gasteiger partial charge in [0.15, 0.2) is 0 Å². The molecule has 1 heterocycles. The molecule has 0 saturated heterocycles. The van der Waals surface area contributed by atoms with Crippen LogP contribution in [0.3, 0.4) is 0 Å². The third kappa shape index (κ3) is 8.06. The molecular formula is C64H57N3. The first-order valence-electron chi connectivity index (χ1n) is 23.6. The molecule has 1 unspecified atom stereocenters. The molecule has 3 heteroatoms. The highest BCUT2D eigenvalue weighted by Gasteiger charge is 2.23. The maximum atomic E-state index is 5.32. The minimum Gasteiger partial charge on any atom is -0.310 e. The van der Waals surface area contributed by atoms with Crippen LogP contribution in [0.25, 0.3) is 51.0 Å². The average molecular weight is 868 g/mol. The molecule has 4 aliphatic carbocycles. The van der Waals surface area contributed by atoms with Crippen molar-refractivity contribution in [1.82, 2.24) is 4.57 Å². The van der Waals surface area contributed by atoms with Crippen LogP contribution in [0.4, 0.5) is 11.4 Å². The number of aromatic nitrogens is 1. The van der Waals surface area contributed by atoms with Crippen molar-refractivity contribution in [2.24, 2.45) is 10.9 Å². The number of para-hydroxylation sites is 1. The normalized spacial score (nSPS) is 16.5. The van der Waals surface area contributed by atoms with Gasteiger partial charge in [-0.25, -0.2) is 0 Å². The maximum absolute atomic E-state index is 5.32. The smallest absolute Gasteiger partial charge is 0.0711 e. The molecule has 0 saturated carbocycles. The molecule has 0 aliphatic heterocycles. The predicted molar refractivity (Wildman–Crippen MR) is 288 cm³/mol. The third-order valence-corrected chi connectivity index (χ3v) is 13.9. The van der Waals surface area contributed by atoms with Crippen LogP contribution in [0, 0.1) is 12.8 Å². The second-order valence-electron chi connectivity index (χ2n) is 18.2. The lowest BCUT2D eigenvalue weighted by Crippen LogP contribution is -2.35. The summed E-state index contributed by atoms with van der Waals surface area (Å²) in [7, 11) is 0. The van der Waals surface area contributed by atoms with Crippen LogP contribution < -0.4 is 15.5 Å². The summed E-state index contributed by atoms with van der Waals surface area (Å²) in [5.74, 6) is 0.345. The van der Waals surface area contributed by atoms with Crippen molar-refractivity contribution in [3.8, 4) is 16.8 Å². The van der Waals surface area contributed by atoms with Gasteiger partial charge in [0.1, 0.15) is 0 Å². The lowest BCUT2D eigenvalue weighted by Gasteiger charge is -2.30. The molecule has 1 aromatic heterocycles. The number of hydrogen-bond donors (Lipinski definition) is 0. The van der Waals surface area contributed by atoms with Gasteiger partial charge in [-0.15, -0.1) is 0 Å². The van der Waals surface area contributed by atoms with Crippen molar-refractivity contribution < 1.29 is 0 Å². The fourth-order valence-electron chi connectivity index (χ4n) is 10.3. The number of anilines is 1. The molecule has 1 atom stereocenters. The fourth-order valence-corrected chi connectivity index (χ4v) is 10.3. The molecule has 0 spiro atoms. The number of aliphatic imine (C=N–C) groups is 1. The molecule has 0 bridgehead atoms. The zero-order valence-electron chi connectivity index (χ0n) is 39.2. The molecule has 0 N–H and O–H groups in total. The third-order valence-electron chi connectivity index (χ3n) is 13.9. The van der Waals surface area contributed by atoms with Gasteiger partial charge in [-0.3, -0.25) is 4.99 Å². The first-order valence-corrected chi connectivity index (χ1v) is 23.6. The summed E-state index contributed by atoms with van der Waals surface area (Å²) in [6, 6.07) is 37.7. The molecule has 328 valence electrons. The molecule has 10 rings (SSSR count). The Labute approximate surface area is 396 Å². The number of aryl methyl sites for hydroxylation is 2. The predicted octanol–water partition coefficient (Wildman–Crippen LogP) is 15.1. The first-order chi connectivity index (χ1) is 32.7. The van der Waals surface area contributed by atoms with Crippen LogP contribution in [-0.2, 0) is 6.42 Å². The lowest BCUT2D eigenvalue weighted by atomic mass is 9.86. The number of hydrogen-bond acceptors (Lipinski definition) is 2. The van der Waals surface area contributed by atoms with Crippen molar-refractivity contribution in [2.45, 2.75) is 53.4 Å². The molecule has 3 nitrogen and oxygen atoms in total. The Morgan fingerprint density at radius 2 is 1.61 bits per heavy atom. The second kappa shape index (κ2) is 18.3. The first kappa shape index (κ1) is 43.2. The highest BCUT2D eigenvalue weighted by molar-refractivity contribution is 6.02. The number of benzene rings is 5. The Balaban J connectivity index is 1.06. The SMILES string of the molecule is C=C/C(C)=C(\C=C)N(C1=CC=C(C)CC=C1)c1ccc(-c2ccc3c(c2)c2c(n3-c3cccc(C(C)=Nc4ccccc4C(=C)c4cccc5c4C=CCC5)c3)=CCC3C=CC=CC=23)cc1C. The standard InChI is InChI=1S/C64H57N3/c1-8-43(4)60(9-2)66(52-24-16-19-42(3)31-35-52)61-36-33-50(39-44(61)5)51-34-37-62-58(41-51)64-57-28-13-11-21-48(57)32-38-63(64)67(62)53-25-17-23-49(40-53)46(7)65-59-30-15-14-26-55(59)45(6)54-29-18-22-47-20-10-12-27-56(47)54/h8-9,11-18,21-31,33-41,48H,1-2,6,10,19-20,32H2,3-5,7H3/b60-43+,65-46?. The second-order valence-corrected chi connectivity index (χ2v) is 18.2. The van der Waals surface area contributed by atoms with Gasteiger partial charge in [0.2, 0.25) is 0 Å².